The lowest BCUT2D eigenvalue weighted by atomic mass is 9.97. The molecule has 11 aromatic rings. The molecule has 0 saturated heterocycles. The van der Waals surface area contributed by atoms with Crippen molar-refractivity contribution in [3.05, 3.63) is 200 Å². The Labute approximate surface area is 327 Å². The fourth-order valence-corrected chi connectivity index (χ4v) is 10.3. The van der Waals surface area contributed by atoms with E-state index >= 15 is 0 Å². The molecule has 0 fully saturated rings. The van der Waals surface area contributed by atoms with Gasteiger partial charge >= 0.3 is 0 Å². The highest BCUT2D eigenvalue weighted by Gasteiger charge is 2.19. The Morgan fingerprint density at radius 3 is 1.56 bits per heavy atom. The van der Waals surface area contributed by atoms with Crippen molar-refractivity contribution in [2.75, 3.05) is 4.90 Å². The molecule has 2 aromatic heterocycles. The summed E-state index contributed by atoms with van der Waals surface area (Å²) < 4.78 is 5.25. The van der Waals surface area contributed by atoms with Crippen LogP contribution in [0.3, 0.4) is 0 Å². The Morgan fingerprint density at radius 2 is 0.800 bits per heavy atom. The minimum Gasteiger partial charge on any atom is -0.310 e. The Bertz CT molecular complexity index is 3200. The molecule has 0 aliphatic heterocycles. The number of hydrogen-bond donors (Lipinski definition) is 0. The van der Waals surface area contributed by atoms with Crippen LogP contribution in [0.25, 0.3) is 84.5 Å². The van der Waals surface area contributed by atoms with Crippen molar-refractivity contribution in [3.8, 4) is 33.4 Å². The van der Waals surface area contributed by atoms with Crippen LogP contribution in [-0.2, 0) is 0 Å². The van der Waals surface area contributed by atoms with Crippen LogP contribution in [0.1, 0.15) is 0 Å². The molecular weight excluding hydrogens is 703 g/mol. The van der Waals surface area contributed by atoms with Crippen molar-refractivity contribution >= 4 is 90.9 Å². The predicted octanol–water partition coefficient (Wildman–Crippen LogP) is 16.0. The average molecular weight is 736 g/mol. The van der Waals surface area contributed by atoms with Gasteiger partial charge in [-0.3, -0.25) is 0 Å². The second-order valence-corrected chi connectivity index (χ2v) is 16.3. The summed E-state index contributed by atoms with van der Waals surface area (Å²) in [6, 6.07) is 73.5. The fraction of sp³-hybridized carbons (Fsp3) is 0. The molecule has 2 heterocycles. The van der Waals surface area contributed by atoms with Gasteiger partial charge in [0.15, 0.2) is 0 Å². The van der Waals surface area contributed by atoms with Gasteiger partial charge in [-0.1, -0.05) is 127 Å². The zero-order valence-electron chi connectivity index (χ0n) is 29.8. The van der Waals surface area contributed by atoms with Gasteiger partial charge in [0.2, 0.25) is 0 Å². The van der Waals surface area contributed by atoms with Gasteiger partial charge < -0.3 is 4.90 Å². The zero-order valence-corrected chi connectivity index (χ0v) is 31.4. The summed E-state index contributed by atoms with van der Waals surface area (Å²) in [7, 11) is 0. The van der Waals surface area contributed by atoms with Crippen LogP contribution in [-0.4, -0.2) is 0 Å². The van der Waals surface area contributed by atoms with Crippen molar-refractivity contribution in [3.63, 3.8) is 0 Å². The average Bonchev–Trinajstić information content (AvgIpc) is 3.83. The first-order chi connectivity index (χ1) is 27.2. The molecule has 258 valence electrons. The minimum absolute atomic E-state index is 1.12. The quantitative estimate of drug-likeness (QED) is 0.164. The van der Waals surface area contributed by atoms with Gasteiger partial charge in [0, 0.05) is 51.7 Å². The molecule has 1 nitrogen and oxygen atoms in total. The van der Waals surface area contributed by atoms with E-state index in [0.29, 0.717) is 0 Å². The monoisotopic (exact) mass is 735 g/mol. The van der Waals surface area contributed by atoms with Crippen LogP contribution in [0.5, 0.6) is 0 Å². The molecule has 11 rings (SSSR count). The number of benzene rings is 9. The van der Waals surface area contributed by atoms with E-state index in [2.05, 4.69) is 205 Å². The summed E-state index contributed by atoms with van der Waals surface area (Å²) in [6.07, 6.45) is 0. The highest BCUT2D eigenvalue weighted by atomic mass is 32.1. The lowest BCUT2D eigenvalue weighted by molar-refractivity contribution is 1.30. The molecule has 0 radical (unpaired) electrons. The van der Waals surface area contributed by atoms with E-state index in [4.69, 9.17) is 0 Å². The zero-order chi connectivity index (χ0) is 36.3. The number of anilines is 3. The topological polar surface area (TPSA) is 3.24 Å². The highest BCUT2D eigenvalue weighted by molar-refractivity contribution is 7.26. The summed E-state index contributed by atoms with van der Waals surface area (Å²) in [6.45, 7) is 0. The van der Waals surface area contributed by atoms with Gasteiger partial charge in [0.25, 0.3) is 0 Å². The molecule has 0 unspecified atom stereocenters. The molecular formula is C52H33NS2. The van der Waals surface area contributed by atoms with E-state index in [0.717, 1.165) is 11.4 Å². The molecule has 55 heavy (non-hydrogen) atoms. The smallest absolute Gasteiger partial charge is 0.0554 e. The highest BCUT2D eigenvalue weighted by Crippen LogP contribution is 2.45. The van der Waals surface area contributed by atoms with Crippen molar-refractivity contribution in [2.45, 2.75) is 0 Å². The molecule has 0 bridgehead atoms. The van der Waals surface area contributed by atoms with Crippen LogP contribution in [0.4, 0.5) is 17.1 Å². The summed E-state index contributed by atoms with van der Waals surface area (Å²) in [5.74, 6) is 0. The molecule has 0 amide bonds. The molecule has 0 spiro atoms. The minimum atomic E-state index is 1.12. The summed E-state index contributed by atoms with van der Waals surface area (Å²) in [4.78, 5) is 2.43. The summed E-state index contributed by atoms with van der Waals surface area (Å²) in [5.41, 5.74) is 10.7. The number of thiophene rings is 2. The fourth-order valence-electron chi connectivity index (χ4n) is 8.13. The Hall–Kier alpha value is -6.52. The lowest BCUT2D eigenvalue weighted by Crippen LogP contribution is -2.10. The van der Waals surface area contributed by atoms with Gasteiger partial charge in [-0.05, 0) is 117 Å². The third-order valence-electron chi connectivity index (χ3n) is 10.9. The van der Waals surface area contributed by atoms with Crippen LogP contribution in [0.15, 0.2) is 200 Å². The Balaban J connectivity index is 1.000. The molecule has 0 aliphatic carbocycles. The third kappa shape index (κ3) is 5.60. The molecule has 3 heteroatoms. The number of fused-ring (bicyclic) bond motifs is 7. The first kappa shape index (κ1) is 32.0. The van der Waals surface area contributed by atoms with Gasteiger partial charge in [0.1, 0.15) is 0 Å². The van der Waals surface area contributed by atoms with Gasteiger partial charge in [-0.25, -0.2) is 0 Å². The number of nitrogens with zero attached hydrogens (tertiary/aromatic N) is 1. The second-order valence-electron chi connectivity index (χ2n) is 14.1. The molecule has 0 N–H and O–H groups in total. The third-order valence-corrected chi connectivity index (χ3v) is 13.1. The Kier molecular flexibility index (Phi) is 7.61. The van der Waals surface area contributed by atoms with Gasteiger partial charge in [0.05, 0.1) is 5.69 Å². The summed E-state index contributed by atoms with van der Waals surface area (Å²) in [5, 5.41) is 7.74. The van der Waals surface area contributed by atoms with E-state index < -0.39 is 0 Å². The maximum Gasteiger partial charge on any atom is 0.0554 e. The lowest BCUT2D eigenvalue weighted by Gasteiger charge is -2.27. The van der Waals surface area contributed by atoms with E-state index in [9.17, 15) is 0 Å². The molecule has 0 saturated carbocycles. The van der Waals surface area contributed by atoms with Crippen molar-refractivity contribution in [1.82, 2.24) is 0 Å². The van der Waals surface area contributed by atoms with Crippen LogP contribution in [0, 0.1) is 0 Å². The number of hydrogen-bond acceptors (Lipinski definition) is 3. The number of rotatable bonds is 6. The Morgan fingerprint density at radius 1 is 0.291 bits per heavy atom. The van der Waals surface area contributed by atoms with Crippen molar-refractivity contribution < 1.29 is 0 Å². The molecule has 0 aliphatic rings. The standard InChI is InChI=1S/C52H33NS2/c1-2-10-37-32-40(20-19-34(37)9-1)39-12-7-11-38(31-39)35-21-26-42(27-22-35)53(47-15-8-18-51-52(47)45-14-4-6-17-49(45)55-51)43-28-23-36(24-29-43)41-25-30-50-46(33-41)44-13-3-5-16-48(44)54-50/h1-33H. The van der Waals surface area contributed by atoms with E-state index in [1.165, 1.54) is 90.2 Å². The maximum atomic E-state index is 2.43. The maximum absolute atomic E-state index is 2.43. The van der Waals surface area contributed by atoms with Gasteiger partial charge in [-0.2, -0.15) is 0 Å². The summed E-state index contributed by atoms with van der Waals surface area (Å²) >= 11 is 3.72. The van der Waals surface area contributed by atoms with Crippen LogP contribution in [0.2, 0.25) is 0 Å². The van der Waals surface area contributed by atoms with E-state index in [1.54, 1.807) is 0 Å². The second kappa shape index (κ2) is 13.1. The normalized spacial score (nSPS) is 11.6. The first-order valence-electron chi connectivity index (χ1n) is 18.7. The largest absolute Gasteiger partial charge is 0.310 e. The predicted molar refractivity (Wildman–Crippen MR) is 241 cm³/mol. The van der Waals surface area contributed by atoms with E-state index in [-0.39, 0.29) is 0 Å². The van der Waals surface area contributed by atoms with Crippen molar-refractivity contribution in [2.24, 2.45) is 0 Å². The SMILES string of the molecule is c1cc(-c2ccc(N(c3ccc(-c4ccc5sc6ccccc6c5c4)cc3)c3cccc4sc5ccccc5c34)cc2)cc(-c2ccc3ccccc3c2)c1. The molecule has 9 aromatic carbocycles. The molecule has 0 atom stereocenters. The van der Waals surface area contributed by atoms with Gasteiger partial charge in [-0.15, -0.1) is 22.7 Å². The first-order valence-corrected chi connectivity index (χ1v) is 20.3. The van der Waals surface area contributed by atoms with Crippen LogP contribution >= 0.6 is 22.7 Å². The van der Waals surface area contributed by atoms with E-state index in [1.807, 2.05) is 22.7 Å². The van der Waals surface area contributed by atoms with Crippen LogP contribution < -0.4 is 4.90 Å². The van der Waals surface area contributed by atoms with Crippen molar-refractivity contribution in [1.29, 1.82) is 0 Å².